The van der Waals surface area contributed by atoms with Crippen LogP contribution in [0.4, 0.5) is 11.4 Å². The molecule has 3 aromatic rings. The number of fused-ring (bicyclic) bond motifs is 2. The molecule has 3 aromatic carbocycles. The van der Waals surface area contributed by atoms with Crippen molar-refractivity contribution < 1.29 is 24.0 Å². The molecule has 0 radical (unpaired) electrons. The molecule has 0 bridgehead atoms. The molecule has 13 heteroatoms. The van der Waals surface area contributed by atoms with Crippen molar-refractivity contribution >= 4 is 52.5 Å². The Labute approximate surface area is 325 Å². The zero-order valence-corrected chi connectivity index (χ0v) is 31.6. The van der Waals surface area contributed by atoms with Gasteiger partial charge in [-0.25, -0.2) is 4.85 Å². The molecule has 4 aliphatic heterocycles. The number of hydrogen-bond donors (Lipinski definition) is 2. The van der Waals surface area contributed by atoms with E-state index in [-0.39, 0.29) is 30.7 Å². The summed E-state index contributed by atoms with van der Waals surface area (Å²) in [6.07, 6.45) is 5.99. The number of carbonyl (C=O) groups is 5. The van der Waals surface area contributed by atoms with Gasteiger partial charge in [0.2, 0.25) is 17.5 Å². The van der Waals surface area contributed by atoms with Gasteiger partial charge in [0.1, 0.15) is 6.04 Å². The van der Waals surface area contributed by atoms with Gasteiger partial charge in [0.05, 0.1) is 17.7 Å². The molecule has 1 aliphatic carbocycles. The predicted molar refractivity (Wildman–Crippen MR) is 207 cm³/mol. The molecule has 0 spiro atoms. The Morgan fingerprint density at radius 3 is 2.15 bits per heavy atom. The van der Waals surface area contributed by atoms with Crippen LogP contribution in [0.15, 0.2) is 54.6 Å². The molecule has 2 saturated heterocycles. The van der Waals surface area contributed by atoms with E-state index in [0.717, 1.165) is 79.9 Å². The van der Waals surface area contributed by atoms with Crippen molar-refractivity contribution in [1.29, 1.82) is 0 Å². The predicted octanol–water partition coefficient (Wildman–Crippen LogP) is 5.45. The second-order valence-corrected chi connectivity index (χ2v) is 16.0. The number of halogens is 1. The number of hydrogen-bond acceptors (Lipinski definition) is 8. The van der Waals surface area contributed by atoms with Crippen LogP contribution in [0.25, 0.3) is 4.85 Å². The number of imide groups is 2. The molecule has 55 heavy (non-hydrogen) atoms. The Balaban J connectivity index is 0.784. The van der Waals surface area contributed by atoms with Gasteiger partial charge in [-0.15, -0.1) is 0 Å². The summed E-state index contributed by atoms with van der Waals surface area (Å²) < 4.78 is 0. The summed E-state index contributed by atoms with van der Waals surface area (Å²) in [5, 5.41) is 5.96. The van der Waals surface area contributed by atoms with Crippen LogP contribution >= 0.6 is 11.6 Å². The summed E-state index contributed by atoms with van der Waals surface area (Å²) in [4.78, 5) is 75.4. The van der Waals surface area contributed by atoms with Crippen LogP contribution in [0.3, 0.4) is 0 Å². The third-order valence-electron chi connectivity index (χ3n) is 12.2. The number of benzene rings is 3. The summed E-state index contributed by atoms with van der Waals surface area (Å²) in [5.74, 6) is -1.95. The molecule has 284 valence electrons. The van der Waals surface area contributed by atoms with Crippen molar-refractivity contribution in [3.63, 3.8) is 0 Å². The Morgan fingerprint density at radius 2 is 1.55 bits per heavy atom. The van der Waals surface area contributed by atoms with Crippen LogP contribution in [-0.4, -0.2) is 88.5 Å². The standard InChI is InChI=1S/C42H44ClN7O5/c1-44-36-12-11-32(21-35(36)43)47(2)30-9-7-29(8-10-30)45-39(52)26-5-3-25(4-6-26)22-48-17-15-31(16-18-48)49-23-27-19-33-34(20-28(27)24-49)42(55)50(41(33)54)37-13-14-38(51)46-40(37)53/h3-6,11-12,19-21,29-31,37H,7-10,13-18,22-24H2,2H3,(H,45,52)(H,46,51,53)/t29?,30?,37-/m1/s1. The number of rotatable bonds is 8. The maximum absolute atomic E-state index is 13.3. The minimum Gasteiger partial charge on any atom is -0.372 e. The van der Waals surface area contributed by atoms with Crippen LogP contribution in [0, 0.1) is 6.57 Å². The van der Waals surface area contributed by atoms with E-state index in [9.17, 15) is 24.0 Å². The number of likely N-dealkylation sites (tertiary alicyclic amines) is 1. The smallest absolute Gasteiger partial charge is 0.262 e. The van der Waals surface area contributed by atoms with E-state index in [1.807, 2.05) is 36.4 Å². The molecule has 2 N–H and O–H groups in total. The minimum absolute atomic E-state index is 0.0390. The lowest BCUT2D eigenvalue weighted by atomic mass is 9.90. The van der Waals surface area contributed by atoms with Gasteiger partial charge in [-0.3, -0.25) is 44.0 Å². The first-order valence-corrected chi connectivity index (χ1v) is 19.6. The van der Waals surface area contributed by atoms with Crippen molar-refractivity contribution in [1.82, 2.24) is 25.3 Å². The van der Waals surface area contributed by atoms with E-state index in [1.54, 1.807) is 6.07 Å². The Hall–Kier alpha value is -5.09. The second kappa shape index (κ2) is 15.2. The van der Waals surface area contributed by atoms with Gasteiger partial charge in [-0.2, -0.15) is 0 Å². The first-order valence-electron chi connectivity index (χ1n) is 19.2. The molecular weight excluding hydrogens is 718 g/mol. The van der Waals surface area contributed by atoms with E-state index < -0.39 is 23.8 Å². The molecule has 3 fully saturated rings. The summed E-state index contributed by atoms with van der Waals surface area (Å²) in [6, 6.07) is 17.1. The number of nitrogens with zero attached hydrogens (tertiary/aromatic N) is 5. The zero-order chi connectivity index (χ0) is 38.4. The highest BCUT2D eigenvalue weighted by Gasteiger charge is 2.45. The van der Waals surface area contributed by atoms with Gasteiger partial charge in [0, 0.05) is 67.5 Å². The van der Waals surface area contributed by atoms with Gasteiger partial charge in [0.25, 0.3) is 17.7 Å². The number of anilines is 1. The van der Waals surface area contributed by atoms with E-state index in [0.29, 0.717) is 52.6 Å². The minimum atomic E-state index is -0.960. The third-order valence-corrected chi connectivity index (χ3v) is 12.5. The molecule has 4 heterocycles. The van der Waals surface area contributed by atoms with E-state index in [2.05, 4.69) is 49.4 Å². The Bertz CT molecular complexity index is 2050. The van der Waals surface area contributed by atoms with Crippen molar-refractivity contribution in [3.05, 3.63) is 104 Å². The highest BCUT2D eigenvalue weighted by molar-refractivity contribution is 6.33. The highest BCUT2D eigenvalue weighted by atomic mass is 35.5. The van der Waals surface area contributed by atoms with Crippen molar-refractivity contribution in [2.24, 2.45) is 0 Å². The number of piperidine rings is 2. The number of carbonyl (C=O) groups excluding carboxylic acids is 5. The molecule has 12 nitrogen and oxygen atoms in total. The second-order valence-electron chi connectivity index (χ2n) is 15.6. The molecule has 8 rings (SSSR count). The Morgan fingerprint density at radius 1 is 0.891 bits per heavy atom. The van der Waals surface area contributed by atoms with Crippen LogP contribution in [-0.2, 0) is 29.2 Å². The zero-order valence-electron chi connectivity index (χ0n) is 30.9. The lowest BCUT2D eigenvalue weighted by Crippen LogP contribution is -2.54. The topological polar surface area (TPSA) is 127 Å². The molecule has 5 aliphatic rings. The fraction of sp³-hybridized carbons (Fsp3) is 0.429. The first-order chi connectivity index (χ1) is 26.6. The number of nitrogens with one attached hydrogen (secondary N) is 2. The molecule has 0 aromatic heterocycles. The summed E-state index contributed by atoms with van der Waals surface area (Å²) >= 11 is 6.27. The lowest BCUT2D eigenvalue weighted by molar-refractivity contribution is -0.136. The van der Waals surface area contributed by atoms with Crippen molar-refractivity contribution in [2.45, 2.75) is 95.2 Å². The van der Waals surface area contributed by atoms with Crippen LogP contribution < -0.4 is 15.5 Å². The van der Waals surface area contributed by atoms with Crippen molar-refractivity contribution in [3.8, 4) is 0 Å². The average molecular weight is 762 g/mol. The molecule has 1 atom stereocenters. The van der Waals surface area contributed by atoms with Gasteiger partial charge in [0.15, 0.2) is 0 Å². The summed E-state index contributed by atoms with van der Waals surface area (Å²) in [5.41, 5.74) is 6.07. The fourth-order valence-electron chi connectivity index (χ4n) is 9.01. The van der Waals surface area contributed by atoms with E-state index in [4.69, 9.17) is 18.2 Å². The molecular formula is C42H44ClN7O5. The van der Waals surface area contributed by atoms with Crippen LogP contribution in [0.2, 0.25) is 5.02 Å². The van der Waals surface area contributed by atoms with Gasteiger partial charge in [-0.05, 0) is 111 Å². The molecule has 5 amide bonds. The monoisotopic (exact) mass is 761 g/mol. The largest absolute Gasteiger partial charge is 0.372 e. The van der Waals surface area contributed by atoms with Crippen LogP contribution in [0.1, 0.15) is 99.1 Å². The molecule has 1 saturated carbocycles. The number of amides is 5. The third kappa shape index (κ3) is 7.36. The average Bonchev–Trinajstić information content (AvgIpc) is 3.71. The van der Waals surface area contributed by atoms with Gasteiger partial charge >= 0.3 is 0 Å². The van der Waals surface area contributed by atoms with Crippen molar-refractivity contribution in [2.75, 3.05) is 25.0 Å². The maximum atomic E-state index is 13.3. The summed E-state index contributed by atoms with van der Waals surface area (Å²) in [6.45, 7) is 11.4. The van der Waals surface area contributed by atoms with E-state index in [1.165, 1.54) is 5.56 Å². The highest BCUT2D eigenvalue weighted by Crippen LogP contribution is 2.36. The van der Waals surface area contributed by atoms with Gasteiger partial charge in [-0.1, -0.05) is 29.8 Å². The van der Waals surface area contributed by atoms with Gasteiger partial charge < -0.3 is 10.2 Å². The van der Waals surface area contributed by atoms with E-state index >= 15 is 0 Å². The first kappa shape index (κ1) is 36.9. The molecule has 0 unspecified atom stereocenters. The SMILES string of the molecule is [C-]#[N+]c1ccc(N(C)C2CCC(NC(=O)c3ccc(CN4CCC(N5Cc6cc7c(cc6C5)C(=O)N([C@@H]5CCC(=O)NC5=O)C7=O)CC4)cc3)CC2)cc1Cl. The normalized spacial score (nSPS) is 23.3. The quantitative estimate of drug-likeness (QED) is 0.230. The summed E-state index contributed by atoms with van der Waals surface area (Å²) in [7, 11) is 2.06. The van der Waals surface area contributed by atoms with Crippen LogP contribution in [0.5, 0.6) is 0 Å². The fourth-order valence-corrected chi connectivity index (χ4v) is 9.22. The lowest BCUT2D eigenvalue weighted by Gasteiger charge is -2.36. The maximum Gasteiger partial charge on any atom is 0.262 e. The Kier molecular flexibility index (Phi) is 10.2.